The molecule has 17 nitrogen and oxygen atoms in total. The van der Waals surface area contributed by atoms with Crippen molar-refractivity contribution < 1.29 is 80.2 Å². The lowest BCUT2D eigenvalue weighted by Gasteiger charge is -2.21. The number of unbranched alkanes of at least 4 members (excludes halogenated alkanes) is 41. The topological polar surface area (TPSA) is 237 Å². The van der Waals surface area contributed by atoms with E-state index in [9.17, 15) is 43.2 Å². The zero-order valence-electron chi connectivity index (χ0n) is 62.1. The Morgan fingerprint density at radius 1 is 0.305 bits per heavy atom. The highest BCUT2D eigenvalue weighted by Crippen LogP contribution is 2.45. The first-order valence-corrected chi connectivity index (χ1v) is 42.4. The summed E-state index contributed by atoms with van der Waals surface area (Å²) in [5.74, 6) is 0.238. The Morgan fingerprint density at radius 2 is 0.537 bits per heavy atom. The molecule has 0 aromatic carbocycles. The molecule has 3 unspecified atom stereocenters. The molecule has 0 rings (SSSR count). The van der Waals surface area contributed by atoms with Gasteiger partial charge in [-0.25, -0.2) is 9.13 Å². The van der Waals surface area contributed by atoms with Crippen LogP contribution in [0.3, 0.4) is 0 Å². The first-order valence-electron chi connectivity index (χ1n) is 39.4. The molecule has 0 aliphatic rings. The van der Waals surface area contributed by atoms with Crippen molar-refractivity contribution in [1.82, 2.24) is 0 Å². The highest BCUT2D eigenvalue weighted by molar-refractivity contribution is 7.47. The number of hydrogen-bond acceptors (Lipinski definition) is 15. The van der Waals surface area contributed by atoms with Gasteiger partial charge in [0.05, 0.1) is 26.4 Å². The molecule has 0 saturated heterocycles. The summed E-state index contributed by atoms with van der Waals surface area (Å²) in [4.78, 5) is 72.7. The van der Waals surface area contributed by atoms with Crippen molar-refractivity contribution in [2.45, 2.75) is 407 Å². The second-order valence-corrected chi connectivity index (χ2v) is 31.5. The first-order chi connectivity index (χ1) is 45.8. The molecule has 0 heterocycles. The fraction of sp³-hybridized carbons (Fsp3) is 0.947. The van der Waals surface area contributed by atoms with Crippen molar-refractivity contribution in [3.8, 4) is 0 Å². The quantitative estimate of drug-likeness (QED) is 0.0222. The molecule has 6 atom stereocenters. The van der Waals surface area contributed by atoms with E-state index in [4.69, 9.17) is 37.0 Å². The number of ether oxygens (including phenoxy) is 4. The summed E-state index contributed by atoms with van der Waals surface area (Å²) >= 11 is 0. The average molecular weight is 1400 g/mol. The van der Waals surface area contributed by atoms with Gasteiger partial charge in [0.15, 0.2) is 12.2 Å². The molecule has 19 heteroatoms. The molecule has 0 aliphatic carbocycles. The minimum absolute atomic E-state index is 0.104. The lowest BCUT2D eigenvalue weighted by atomic mass is 9.99. The zero-order valence-corrected chi connectivity index (χ0v) is 63.9. The standard InChI is InChI=1S/C76H148O17P2/c1-8-10-11-12-13-36-43-50-57-73(78)86-63-71(93-76(81)60-53-46-39-32-31-34-41-48-55-68(5)6)65-90-94(82,83)88-61-70(77)62-89-95(84,85)91-66-72(64-87-74(79)58-51-44-37-29-26-22-23-27-33-40-47-54-67(3)4)92-75(80)59-52-45-38-30-25-21-19-17-15-14-16-18-20-24-28-35-42-49-56-69(7)9-2/h67-72,77H,8-66H2,1-7H3,(H,82,83)(H,84,85)/t69?,70-,71+,72+/m0/s1. The van der Waals surface area contributed by atoms with Crippen LogP contribution in [0.1, 0.15) is 389 Å². The molecule has 0 aliphatic heterocycles. The van der Waals surface area contributed by atoms with Crippen molar-refractivity contribution in [2.75, 3.05) is 39.6 Å². The molecule has 0 amide bonds. The van der Waals surface area contributed by atoms with E-state index in [1.54, 1.807) is 0 Å². The molecule has 0 aromatic rings. The number of aliphatic hydroxyl groups excluding tert-OH is 1. The number of hydrogen-bond donors (Lipinski definition) is 3. The minimum atomic E-state index is -4.96. The summed E-state index contributed by atoms with van der Waals surface area (Å²) in [5.41, 5.74) is 0. The van der Waals surface area contributed by atoms with E-state index in [0.29, 0.717) is 25.7 Å². The first kappa shape index (κ1) is 93.1. The molecule has 0 radical (unpaired) electrons. The largest absolute Gasteiger partial charge is 0.472 e. The maximum atomic E-state index is 13.1. The molecule has 3 N–H and O–H groups in total. The third-order valence-corrected chi connectivity index (χ3v) is 19.9. The smallest absolute Gasteiger partial charge is 0.462 e. The van der Waals surface area contributed by atoms with Gasteiger partial charge in [0.25, 0.3) is 0 Å². The Balaban J connectivity index is 5.17. The lowest BCUT2D eigenvalue weighted by molar-refractivity contribution is -0.161. The predicted molar refractivity (Wildman–Crippen MR) is 386 cm³/mol. The van der Waals surface area contributed by atoms with Gasteiger partial charge in [-0.15, -0.1) is 0 Å². The van der Waals surface area contributed by atoms with Crippen molar-refractivity contribution in [3.05, 3.63) is 0 Å². The van der Waals surface area contributed by atoms with Gasteiger partial charge in [-0.05, 0) is 43.4 Å². The Bertz CT molecular complexity index is 1850. The van der Waals surface area contributed by atoms with Gasteiger partial charge in [-0.3, -0.25) is 37.3 Å². The Kier molecular flexibility index (Phi) is 65.2. The van der Waals surface area contributed by atoms with Crippen LogP contribution in [0, 0.1) is 17.8 Å². The number of rotatable bonds is 74. The van der Waals surface area contributed by atoms with Crippen molar-refractivity contribution in [1.29, 1.82) is 0 Å². The highest BCUT2D eigenvalue weighted by atomic mass is 31.2. The molecule has 0 spiro atoms. The summed E-state index contributed by atoms with van der Waals surface area (Å²) in [7, 11) is -9.91. The second kappa shape index (κ2) is 66.6. The van der Waals surface area contributed by atoms with Gasteiger partial charge in [-0.1, -0.05) is 337 Å². The second-order valence-electron chi connectivity index (χ2n) is 28.6. The van der Waals surface area contributed by atoms with Crippen LogP contribution < -0.4 is 0 Å². The van der Waals surface area contributed by atoms with Gasteiger partial charge in [0.2, 0.25) is 0 Å². The van der Waals surface area contributed by atoms with E-state index < -0.39 is 97.5 Å². The van der Waals surface area contributed by atoms with Gasteiger partial charge >= 0.3 is 39.5 Å². The van der Waals surface area contributed by atoms with Crippen LogP contribution >= 0.6 is 15.6 Å². The third-order valence-electron chi connectivity index (χ3n) is 18.0. The summed E-state index contributed by atoms with van der Waals surface area (Å²) in [6, 6.07) is 0. The average Bonchev–Trinajstić information content (AvgIpc) is 1.54. The van der Waals surface area contributed by atoms with Crippen LogP contribution in [0.25, 0.3) is 0 Å². The van der Waals surface area contributed by atoms with E-state index in [-0.39, 0.29) is 25.7 Å². The number of carbonyl (C=O) groups excluding carboxylic acids is 4. The third kappa shape index (κ3) is 69.0. The molecule has 0 aromatic heterocycles. The Morgan fingerprint density at radius 3 is 0.800 bits per heavy atom. The van der Waals surface area contributed by atoms with E-state index in [1.165, 1.54) is 193 Å². The van der Waals surface area contributed by atoms with E-state index in [1.807, 2.05) is 0 Å². The molecular weight excluding hydrogens is 1250 g/mol. The maximum absolute atomic E-state index is 13.1. The van der Waals surface area contributed by atoms with Crippen molar-refractivity contribution in [2.24, 2.45) is 17.8 Å². The number of aliphatic hydroxyl groups is 1. The van der Waals surface area contributed by atoms with E-state index >= 15 is 0 Å². The van der Waals surface area contributed by atoms with Crippen LogP contribution in [0.15, 0.2) is 0 Å². The fourth-order valence-corrected chi connectivity index (χ4v) is 13.1. The van der Waals surface area contributed by atoms with Gasteiger partial charge in [0.1, 0.15) is 19.3 Å². The summed E-state index contributed by atoms with van der Waals surface area (Å²) in [5, 5.41) is 10.6. The number of esters is 4. The number of phosphoric ester groups is 2. The van der Waals surface area contributed by atoms with Gasteiger partial charge in [0, 0.05) is 25.7 Å². The summed E-state index contributed by atoms with van der Waals surface area (Å²) in [6.07, 6.45) is 52.9. The molecule has 0 fully saturated rings. The number of carbonyl (C=O) groups is 4. The van der Waals surface area contributed by atoms with Crippen LogP contribution in [0.4, 0.5) is 0 Å². The summed E-state index contributed by atoms with van der Waals surface area (Å²) < 4.78 is 68.4. The molecule has 0 saturated carbocycles. The maximum Gasteiger partial charge on any atom is 0.472 e. The summed E-state index contributed by atoms with van der Waals surface area (Å²) in [6.45, 7) is 11.9. The van der Waals surface area contributed by atoms with Crippen LogP contribution in [-0.4, -0.2) is 96.7 Å². The van der Waals surface area contributed by atoms with E-state index in [2.05, 4.69) is 48.5 Å². The fourth-order valence-electron chi connectivity index (χ4n) is 11.6. The lowest BCUT2D eigenvalue weighted by Crippen LogP contribution is -2.30. The van der Waals surface area contributed by atoms with Gasteiger partial charge in [-0.2, -0.15) is 0 Å². The van der Waals surface area contributed by atoms with Crippen molar-refractivity contribution >= 4 is 39.5 Å². The SMILES string of the molecule is CCCCCCCCCCC(=O)OC[C@H](COP(=O)(O)OC[C@H](O)COP(=O)(O)OC[C@@H](COC(=O)CCCCCCCCCCCCCC(C)C)OC(=O)CCCCCCCCCCCCCCCCCCCCC(C)CC)OC(=O)CCCCCCCCCCC(C)C. The molecule has 0 bridgehead atoms. The predicted octanol–water partition coefficient (Wildman–Crippen LogP) is 22.2. The Hall–Kier alpha value is -1.94. The number of phosphoric acid groups is 2. The van der Waals surface area contributed by atoms with Gasteiger partial charge < -0.3 is 33.8 Å². The molecule has 95 heavy (non-hydrogen) atoms. The molecule has 564 valence electrons. The molecular formula is C76H148O17P2. The Labute approximate surface area is 581 Å². The van der Waals surface area contributed by atoms with E-state index in [0.717, 1.165) is 114 Å². The normalized spacial score (nSPS) is 14.4. The van der Waals surface area contributed by atoms with Crippen LogP contribution in [-0.2, 0) is 65.4 Å². The highest BCUT2D eigenvalue weighted by Gasteiger charge is 2.30. The minimum Gasteiger partial charge on any atom is -0.462 e. The zero-order chi connectivity index (χ0) is 70.1. The monoisotopic (exact) mass is 1400 g/mol. The van der Waals surface area contributed by atoms with Crippen LogP contribution in [0.5, 0.6) is 0 Å². The van der Waals surface area contributed by atoms with Crippen molar-refractivity contribution in [3.63, 3.8) is 0 Å². The van der Waals surface area contributed by atoms with Crippen LogP contribution in [0.2, 0.25) is 0 Å².